The molecule has 1 amide bonds. The summed E-state index contributed by atoms with van der Waals surface area (Å²) in [5.41, 5.74) is 2.21. The van der Waals surface area contributed by atoms with Crippen LogP contribution in [0.4, 0.5) is 5.69 Å². The Bertz CT molecular complexity index is 650. The van der Waals surface area contributed by atoms with Crippen LogP contribution in [0.5, 0.6) is 0 Å². The molecular formula is C18H20N2OS. The fourth-order valence-electron chi connectivity index (χ4n) is 3.55. The molecule has 22 heavy (non-hydrogen) atoms. The van der Waals surface area contributed by atoms with Crippen molar-refractivity contribution in [3.05, 3.63) is 51.7 Å². The van der Waals surface area contributed by atoms with Gasteiger partial charge in [0, 0.05) is 29.7 Å². The van der Waals surface area contributed by atoms with Crippen LogP contribution in [0.3, 0.4) is 0 Å². The summed E-state index contributed by atoms with van der Waals surface area (Å²) in [6.45, 7) is 2.05. The van der Waals surface area contributed by atoms with Crippen LogP contribution < -0.4 is 5.32 Å². The Morgan fingerprint density at radius 2 is 1.91 bits per heavy atom. The third-order valence-electron chi connectivity index (χ3n) is 4.71. The predicted octanol–water partition coefficient (Wildman–Crippen LogP) is 4.26. The lowest BCUT2D eigenvalue weighted by molar-refractivity contribution is 0.103. The van der Waals surface area contributed by atoms with Gasteiger partial charge in [0.2, 0.25) is 0 Å². The fraction of sp³-hybridized carbons (Fsp3) is 0.389. The molecular weight excluding hydrogens is 292 g/mol. The van der Waals surface area contributed by atoms with Gasteiger partial charge in [-0.3, -0.25) is 9.69 Å². The minimum atomic E-state index is 0.0121. The van der Waals surface area contributed by atoms with Crippen LogP contribution in [-0.4, -0.2) is 16.8 Å². The highest BCUT2D eigenvalue weighted by Crippen LogP contribution is 2.36. The number of fused-ring (bicyclic) bond motifs is 1. The van der Waals surface area contributed by atoms with Crippen LogP contribution >= 0.6 is 11.3 Å². The maximum absolute atomic E-state index is 12.3. The molecule has 114 valence electrons. The van der Waals surface area contributed by atoms with Crippen molar-refractivity contribution in [1.82, 2.24) is 4.90 Å². The predicted molar refractivity (Wildman–Crippen MR) is 90.2 cm³/mol. The largest absolute Gasteiger partial charge is 0.321 e. The number of hydrogen-bond donors (Lipinski definition) is 1. The van der Waals surface area contributed by atoms with E-state index in [0.29, 0.717) is 0 Å². The van der Waals surface area contributed by atoms with Crippen molar-refractivity contribution in [2.75, 3.05) is 5.32 Å². The molecule has 1 aromatic heterocycles. The number of rotatable bonds is 3. The average molecular weight is 312 g/mol. The van der Waals surface area contributed by atoms with Gasteiger partial charge in [0.25, 0.3) is 5.91 Å². The molecule has 0 unspecified atom stereocenters. The lowest BCUT2D eigenvalue weighted by Gasteiger charge is -2.22. The molecule has 1 fully saturated rings. The van der Waals surface area contributed by atoms with Crippen LogP contribution in [0.25, 0.3) is 0 Å². The van der Waals surface area contributed by atoms with Crippen molar-refractivity contribution < 1.29 is 4.79 Å². The molecule has 0 bridgehead atoms. The Balaban J connectivity index is 1.44. The van der Waals surface area contributed by atoms with E-state index in [9.17, 15) is 4.79 Å². The molecule has 0 saturated heterocycles. The van der Waals surface area contributed by atoms with E-state index < -0.39 is 0 Å². The Kier molecular flexibility index (Phi) is 3.72. The number of nitrogens with one attached hydrogen (secondary N) is 1. The maximum atomic E-state index is 12.3. The second-order valence-corrected chi connectivity index (χ2v) is 7.36. The van der Waals surface area contributed by atoms with Crippen molar-refractivity contribution in [1.29, 1.82) is 0 Å². The SMILES string of the molecule is O=C(Nc1ccccc1)c1cc2c(s1)CN(C1CCCC1)C2. The Morgan fingerprint density at radius 3 is 2.64 bits per heavy atom. The van der Waals surface area contributed by atoms with Gasteiger partial charge in [0.05, 0.1) is 4.88 Å². The lowest BCUT2D eigenvalue weighted by atomic mass is 10.2. The molecule has 2 aliphatic rings. The standard InChI is InChI=1S/C18H20N2OS/c21-18(19-14-6-2-1-3-7-14)16-10-13-11-20(12-17(13)22-16)15-8-4-5-9-15/h1-3,6-7,10,15H,4-5,8-9,11-12H2,(H,19,21). The fourth-order valence-corrected chi connectivity index (χ4v) is 4.64. The van der Waals surface area contributed by atoms with Crippen LogP contribution in [0, 0.1) is 0 Å². The summed E-state index contributed by atoms with van der Waals surface area (Å²) in [7, 11) is 0. The van der Waals surface area contributed by atoms with Crippen LogP contribution in [-0.2, 0) is 13.1 Å². The molecule has 1 aromatic carbocycles. The topological polar surface area (TPSA) is 32.3 Å². The molecule has 4 heteroatoms. The number of benzene rings is 1. The first-order chi connectivity index (χ1) is 10.8. The summed E-state index contributed by atoms with van der Waals surface area (Å²) in [5, 5.41) is 2.97. The second kappa shape index (κ2) is 5.86. The smallest absolute Gasteiger partial charge is 0.265 e. The van der Waals surface area contributed by atoms with Gasteiger partial charge in [-0.25, -0.2) is 0 Å². The molecule has 1 N–H and O–H groups in total. The molecule has 1 aliphatic carbocycles. The molecule has 2 aromatic rings. The molecule has 1 saturated carbocycles. The van der Waals surface area contributed by atoms with Gasteiger partial charge in [-0.15, -0.1) is 11.3 Å². The molecule has 0 atom stereocenters. The van der Waals surface area contributed by atoms with E-state index in [4.69, 9.17) is 0 Å². The van der Waals surface area contributed by atoms with E-state index in [1.165, 1.54) is 36.1 Å². The highest BCUT2D eigenvalue weighted by Gasteiger charge is 2.30. The number of para-hydroxylation sites is 1. The summed E-state index contributed by atoms with van der Waals surface area (Å²) in [6, 6.07) is 12.5. The van der Waals surface area contributed by atoms with Gasteiger partial charge in [0.1, 0.15) is 0 Å². The van der Waals surface area contributed by atoms with Gasteiger partial charge in [-0.05, 0) is 36.6 Å². The van der Waals surface area contributed by atoms with E-state index in [0.717, 1.165) is 29.7 Å². The summed E-state index contributed by atoms with van der Waals surface area (Å²) < 4.78 is 0. The summed E-state index contributed by atoms with van der Waals surface area (Å²) in [4.78, 5) is 17.1. The monoisotopic (exact) mass is 312 g/mol. The number of anilines is 1. The summed E-state index contributed by atoms with van der Waals surface area (Å²) in [6.07, 6.45) is 5.44. The van der Waals surface area contributed by atoms with E-state index in [1.807, 2.05) is 30.3 Å². The summed E-state index contributed by atoms with van der Waals surface area (Å²) in [5.74, 6) is 0.0121. The van der Waals surface area contributed by atoms with Crippen LogP contribution in [0.15, 0.2) is 36.4 Å². The minimum Gasteiger partial charge on any atom is -0.321 e. The van der Waals surface area contributed by atoms with Crippen molar-refractivity contribution in [3.63, 3.8) is 0 Å². The number of hydrogen-bond acceptors (Lipinski definition) is 3. The van der Waals surface area contributed by atoms with E-state index in [1.54, 1.807) is 11.3 Å². The van der Waals surface area contributed by atoms with Crippen LogP contribution in [0.2, 0.25) is 0 Å². The number of carbonyl (C=O) groups excluding carboxylic acids is 1. The number of carbonyl (C=O) groups is 1. The van der Waals surface area contributed by atoms with Gasteiger partial charge in [-0.2, -0.15) is 0 Å². The van der Waals surface area contributed by atoms with Gasteiger partial charge in [0.15, 0.2) is 0 Å². The first-order valence-corrected chi connectivity index (χ1v) is 8.83. The molecule has 3 nitrogen and oxygen atoms in total. The third kappa shape index (κ3) is 2.69. The van der Waals surface area contributed by atoms with Crippen molar-refractivity contribution >= 4 is 22.9 Å². The van der Waals surface area contributed by atoms with E-state index in [2.05, 4.69) is 16.3 Å². The van der Waals surface area contributed by atoms with Crippen LogP contribution in [0.1, 0.15) is 45.8 Å². The van der Waals surface area contributed by atoms with Gasteiger partial charge in [-0.1, -0.05) is 31.0 Å². The quantitative estimate of drug-likeness (QED) is 0.918. The normalized spacial score (nSPS) is 18.5. The maximum Gasteiger partial charge on any atom is 0.265 e. The Morgan fingerprint density at radius 1 is 1.14 bits per heavy atom. The lowest BCUT2D eigenvalue weighted by Crippen LogP contribution is -2.27. The second-order valence-electron chi connectivity index (χ2n) is 6.22. The molecule has 2 heterocycles. The van der Waals surface area contributed by atoms with E-state index in [-0.39, 0.29) is 5.91 Å². The van der Waals surface area contributed by atoms with Crippen molar-refractivity contribution in [2.24, 2.45) is 0 Å². The molecule has 1 aliphatic heterocycles. The molecule has 4 rings (SSSR count). The third-order valence-corrected chi connectivity index (χ3v) is 5.87. The highest BCUT2D eigenvalue weighted by atomic mass is 32.1. The zero-order chi connectivity index (χ0) is 14.9. The number of thiophene rings is 1. The van der Waals surface area contributed by atoms with E-state index >= 15 is 0 Å². The Hall–Kier alpha value is -1.65. The van der Waals surface area contributed by atoms with Crippen molar-refractivity contribution in [3.8, 4) is 0 Å². The molecule has 0 spiro atoms. The van der Waals surface area contributed by atoms with Crippen molar-refractivity contribution in [2.45, 2.75) is 44.8 Å². The highest BCUT2D eigenvalue weighted by molar-refractivity contribution is 7.14. The minimum absolute atomic E-state index is 0.0121. The van der Waals surface area contributed by atoms with Gasteiger partial charge < -0.3 is 5.32 Å². The Labute approximate surface area is 135 Å². The average Bonchev–Trinajstić information content (AvgIpc) is 3.23. The first kappa shape index (κ1) is 14.0. The zero-order valence-electron chi connectivity index (χ0n) is 12.5. The van der Waals surface area contributed by atoms with Gasteiger partial charge >= 0.3 is 0 Å². The first-order valence-electron chi connectivity index (χ1n) is 8.01. The number of amides is 1. The molecule has 0 radical (unpaired) electrons. The number of nitrogens with zero attached hydrogens (tertiary/aromatic N) is 1. The zero-order valence-corrected chi connectivity index (χ0v) is 13.4. The summed E-state index contributed by atoms with van der Waals surface area (Å²) >= 11 is 1.66.